The smallest absolute Gasteiger partial charge is 0.161 e. The summed E-state index contributed by atoms with van der Waals surface area (Å²) < 4.78 is 14.6. The summed E-state index contributed by atoms with van der Waals surface area (Å²) in [4.78, 5) is 17.3. The Balaban J connectivity index is 1.33. The summed E-state index contributed by atoms with van der Waals surface area (Å²) in [5.74, 6) is 0.173. The van der Waals surface area contributed by atoms with Gasteiger partial charge in [0.15, 0.2) is 11.5 Å². The van der Waals surface area contributed by atoms with Gasteiger partial charge in [0, 0.05) is 35.1 Å². The topological polar surface area (TPSA) is 95.2 Å². The Hall–Kier alpha value is -5.63. The lowest BCUT2D eigenvalue weighted by Crippen LogP contribution is -2.12. The Labute approximate surface area is 242 Å². The van der Waals surface area contributed by atoms with Crippen molar-refractivity contribution >= 4 is 27.6 Å². The van der Waals surface area contributed by atoms with E-state index in [1.807, 2.05) is 49.4 Å². The van der Waals surface area contributed by atoms with Gasteiger partial charge in [0.2, 0.25) is 0 Å². The lowest BCUT2D eigenvalue weighted by Gasteiger charge is -2.12. The number of hydrogen-bond acceptors (Lipinski definition) is 5. The summed E-state index contributed by atoms with van der Waals surface area (Å²) in [5, 5.41) is 10.9. The van der Waals surface area contributed by atoms with Crippen LogP contribution in [0.1, 0.15) is 18.2 Å². The number of imidazole rings is 1. The molecule has 0 saturated carbocycles. The first-order valence-electron chi connectivity index (χ1n) is 13.5. The summed E-state index contributed by atoms with van der Waals surface area (Å²) >= 11 is 0. The number of aromatic nitrogens is 6. The molecule has 7 nitrogen and oxygen atoms in total. The fourth-order valence-electron chi connectivity index (χ4n) is 4.86. The van der Waals surface area contributed by atoms with Crippen molar-refractivity contribution in [2.45, 2.75) is 13.3 Å². The minimum absolute atomic E-state index is 0.336. The highest BCUT2D eigenvalue weighted by molar-refractivity contribution is 5.96. The average Bonchev–Trinajstić information content (AvgIpc) is 3.64. The molecule has 206 valence electrons. The molecule has 42 heavy (non-hydrogen) atoms. The molecule has 4 heterocycles. The maximum absolute atomic E-state index is 14.6. The summed E-state index contributed by atoms with van der Waals surface area (Å²) in [6.45, 7) is 10.1. The van der Waals surface area contributed by atoms with Gasteiger partial charge in [-0.15, -0.1) is 0 Å². The second-order valence-electron chi connectivity index (χ2n) is 9.75. The van der Waals surface area contributed by atoms with Crippen molar-refractivity contribution in [3.05, 3.63) is 139 Å². The van der Waals surface area contributed by atoms with Gasteiger partial charge in [0.25, 0.3) is 0 Å². The zero-order chi connectivity index (χ0) is 29.1. The van der Waals surface area contributed by atoms with Crippen molar-refractivity contribution < 1.29 is 4.39 Å². The van der Waals surface area contributed by atoms with E-state index in [0.29, 0.717) is 45.6 Å². The van der Waals surface area contributed by atoms with Crippen LogP contribution in [-0.2, 0) is 6.42 Å². The van der Waals surface area contributed by atoms with Gasteiger partial charge in [0.05, 0.1) is 22.9 Å². The third kappa shape index (κ3) is 5.25. The highest BCUT2D eigenvalue weighted by atomic mass is 19.1. The van der Waals surface area contributed by atoms with Crippen molar-refractivity contribution in [1.82, 2.24) is 35.5 Å². The normalized spacial score (nSPS) is 12.1. The van der Waals surface area contributed by atoms with E-state index in [1.54, 1.807) is 36.7 Å². The van der Waals surface area contributed by atoms with Gasteiger partial charge in [-0.25, -0.2) is 14.4 Å². The van der Waals surface area contributed by atoms with Gasteiger partial charge in [-0.1, -0.05) is 67.8 Å². The average molecular weight is 554 g/mol. The predicted octanol–water partition coefficient (Wildman–Crippen LogP) is 7.52. The van der Waals surface area contributed by atoms with Crippen LogP contribution in [0, 0.1) is 5.82 Å². The van der Waals surface area contributed by atoms with Crippen LogP contribution in [0.2, 0.25) is 0 Å². The molecule has 0 aliphatic carbocycles. The van der Waals surface area contributed by atoms with E-state index < -0.39 is 0 Å². The lowest BCUT2D eigenvalue weighted by molar-refractivity contribution is 0.631. The van der Waals surface area contributed by atoms with E-state index in [0.717, 1.165) is 28.2 Å². The Morgan fingerprint density at radius 3 is 2.52 bits per heavy atom. The molecular weight excluding hydrogens is 525 g/mol. The van der Waals surface area contributed by atoms with Crippen LogP contribution in [0.15, 0.2) is 122 Å². The van der Waals surface area contributed by atoms with Crippen molar-refractivity contribution in [2.75, 3.05) is 0 Å². The van der Waals surface area contributed by atoms with Crippen molar-refractivity contribution in [3.8, 4) is 22.6 Å². The highest BCUT2D eigenvalue weighted by Gasteiger charge is 2.18. The second-order valence-corrected chi connectivity index (χ2v) is 9.75. The fourth-order valence-corrected chi connectivity index (χ4v) is 4.86. The molecule has 0 aliphatic rings. The Morgan fingerprint density at radius 2 is 1.74 bits per heavy atom. The van der Waals surface area contributed by atoms with E-state index in [2.05, 4.69) is 50.8 Å². The standard InChI is InChI=1S/C34H28FN7/c1-4-23(18-24(5-2)37-21(3)17-22-11-7-6-8-12-22)28-15-16-29-32(38-28)33(42-41-29)34-39-30-20-36-19-26(31(30)40-34)25-13-9-10-14-27(25)35/h4-16,18-20,37H,2-3,17H2,1H3,(H,39,40)(H,41,42)/b23-4+,24-18+. The Morgan fingerprint density at radius 1 is 0.929 bits per heavy atom. The molecule has 0 atom stereocenters. The number of H-pyrrole nitrogens is 2. The van der Waals surface area contributed by atoms with Crippen LogP contribution in [0.3, 0.4) is 0 Å². The number of nitrogens with zero attached hydrogens (tertiary/aromatic N) is 4. The van der Waals surface area contributed by atoms with Gasteiger partial charge in [-0.05, 0) is 48.4 Å². The van der Waals surface area contributed by atoms with Gasteiger partial charge in [-0.3, -0.25) is 10.1 Å². The van der Waals surface area contributed by atoms with Crippen LogP contribution in [0.25, 0.3) is 50.3 Å². The van der Waals surface area contributed by atoms with Crippen molar-refractivity contribution in [1.29, 1.82) is 0 Å². The van der Waals surface area contributed by atoms with Gasteiger partial charge >= 0.3 is 0 Å². The molecule has 0 aliphatic heterocycles. The molecule has 0 bridgehead atoms. The molecule has 0 unspecified atom stereocenters. The van der Waals surface area contributed by atoms with Gasteiger partial charge < -0.3 is 10.3 Å². The molecule has 0 radical (unpaired) electrons. The van der Waals surface area contributed by atoms with E-state index >= 15 is 0 Å². The number of halogens is 1. The second kappa shape index (κ2) is 11.5. The SMILES string of the molecule is C=C/C(=C\C(=C/C)c1ccc2[nH]nc(-c3nc4c(-c5ccccc5F)cncc4[nH]3)c2n1)NC(=C)Cc1ccccc1. The van der Waals surface area contributed by atoms with Gasteiger partial charge in [-0.2, -0.15) is 5.10 Å². The molecule has 8 heteroatoms. The molecule has 2 aromatic carbocycles. The fraction of sp³-hybridized carbons (Fsp3) is 0.0588. The maximum atomic E-state index is 14.6. The largest absolute Gasteiger partial charge is 0.359 e. The number of allylic oxidation sites excluding steroid dienone is 5. The quantitative estimate of drug-likeness (QED) is 0.161. The summed E-state index contributed by atoms with van der Waals surface area (Å²) in [7, 11) is 0. The monoisotopic (exact) mass is 553 g/mol. The third-order valence-corrected chi connectivity index (χ3v) is 6.91. The zero-order valence-electron chi connectivity index (χ0n) is 23.0. The molecule has 0 fully saturated rings. The minimum atomic E-state index is -0.336. The van der Waals surface area contributed by atoms with E-state index in [4.69, 9.17) is 9.97 Å². The first kappa shape index (κ1) is 26.6. The first-order chi connectivity index (χ1) is 20.5. The molecule has 3 N–H and O–H groups in total. The van der Waals surface area contributed by atoms with Crippen LogP contribution in [-0.4, -0.2) is 30.1 Å². The molecule has 0 amide bonds. The summed E-state index contributed by atoms with van der Waals surface area (Å²) in [6, 6.07) is 20.6. The number of pyridine rings is 2. The first-order valence-corrected chi connectivity index (χ1v) is 13.5. The molecule has 0 spiro atoms. The number of nitrogens with one attached hydrogen (secondary N) is 3. The summed E-state index contributed by atoms with van der Waals surface area (Å²) in [6.07, 6.45) is 9.73. The number of rotatable bonds is 9. The number of benzene rings is 2. The third-order valence-electron chi connectivity index (χ3n) is 6.91. The predicted molar refractivity (Wildman–Crippen MR) is 167 cm³/mol. The molecule has 6 aromatic rings. The van der Waals surface area contributed by atoms with Crippen LogP contribution in [0.4, 0.5) is 4.39 Å². The molecule has 0 saturated heterocycles. The summed E-state index contributed by atoms with van der Waals surface area (Å²) in [5.41, 5.74) is 8.78. The lowest BCUT2D eigenvalue weighted by atomic mass is 10.1. The highest BCUT2D eigenvalue weighted by Crippen LogP contribution is 2.32. The van der Waals surface area contributed by atoms with Crippen LogP contribution >= 0.6 is 0 Å². The molecule has 4 aromatic heterocycles. The van der Waals surface area contributed by atoms with E-state index in [-0.39, 0.29) is 5.82 Å². The zero-order valence-corrected chi connectivity index (χ0v) is 23.0. The Kier molecular flexibility index (Phi) is 7.26. The molecule has 6 rings (SSSR count). The van der Waals surface area contributed by atoms with E-state index in [1.165, 1.54) is 11.6 Å². The number of fused-ring (bicyclic) bond motifs is 2. The Bertz CT molecular complexity index is 2000. The maximum Gasteiger partial charge on any atom is 0.161 e. The van der Waals surface area contributed by atoms with Crippen molar-refractivity contribution in [2.24, 2.45) is 0 Å². The minimum Gasteiger partial charge on any atom is -0.359 e. The van der Waals surface area contributed by atoms with Crippen LogP contribution in [0.5, 0.6) is 0 Å². The number of hydrogen-bond donors (Lipinski definition) is 3. The number of aromatic amines is 2. The molecular formula is C34H28FN7. The van der Waals surface area contributed by atoms with Gasteiger partial charge in [0.1, 0.15) is 16.9 Å². The van der Waals surface area contributed by atoms with Crippen LogP contribution < -0.4 is 5.32 Å². The van der Waals surface area contributed by atoms with E-state index in [9.17, 15) is 4.39 Å². The van der Waals surface area contributed by atoms with Crippen molar-refractivity contribution in [3.63, 3.8) is 0 Å².